The maximum absolute atomic E-state index is 12.9. The monoisotopic (exact) mass is 421 g/mol. The first-order valence-electron chi connectivity index (χ1n) is 10.4. The van der Waals surface area contributed by atoms with Gasteiger partial charge >= 0.3 is 18.0 Å². The molecule has 0 aliphatic heterocycles. The number of hydrogen-bond donors (Lipinski definition) is 0. The minimum Gasteiger partial charge on any atom is -0.460 e. The Balaban J connectivity index is 2.91. The molecule has 1 unspecified atom stereocenters. The number of rotatable bonds is 11. The van der Waals surface area contributed by atoms with E-state index in [1.807, 2.05) is 30.3 Å². The molecule has 168 valence electrons. The number of methoxy groups -OCH3 is 1. The molecule has 1 amide bonds. The molecule has 0 spiro atoms. The number of carbonyl (C=O) groups is 3. The summed E-state index contributed by atoms with van der Waals surface area (Å²) in [5.41, 5.74) is 0.219. The van der Waals surface area contributed by atoms with Gasteiger partial charge in [-0.2, -0.15) is 0 Å². The molecule has 1 rings (SSSR count). The molecule has 30 heavy (non-hydrogen) atoms. The minimum absolute atomic E-state index is 0.0103. The number of amides is 1. The highest BCUT2D eigenvalue weighted by Gasteiger charge is 2.32. The summed E-state index contributed by atoms with van der Waals surface area (Å²) in [5.74, 6) is -0.994. The number of esters is 2. The van der Waals surface area contributed by atoms with E-state index in [4.69, 9.17) is 14.2 Å². The lowest BCUT2D eigenvalue weighted by Gasteiger charge is -2.29. The highest BCUT2D eigenvalue weighted by atomic mass is 16.6. The Morgan fingerprint density at radius 3 is 2.30 bits per heavy atom. The Labute approximate surface area is 179 Å². The molecule has 0 aromatic heterocycles. The molecule has 0 radical (unpaired) electrons. The third-order valence-corrected chi connectivity index (χ3v) is 4.33. The predicted molar refractivity (Wildman–Crippen MR) is 114 cm³/mol. The molecule has 0 aliphatic rings. The van der Waals surface area contributed by atoms with Crippen molar-refractivity contribution < 1.29 is 28.6 Å². The quantitative estimate of drug-likeness (QED) is 0.298. The Kier molecular flexibility index (Phi) is 10.9. The summed E-state index contributed by atoms with van der Waals surface area (Å²) in [7, 11) is 1.27. The average Bonchev–Trinajstić information content (AvgIpc) is 2.70. The van der Waals surface area contributed by atoms with Crippen LogP contribution in [0.1, 0.15) is 65.4 Å². The summed E-state index contributed by atoms with van der Waals surface area (Å²) in [4.78, 5) is 38.8. The topological polar surface area (TPSA) is 82.1 Å². The number of nitrogens with zero attached hydrogens (tertiary/aromatic N) is 1. The van der Waals surface area contributed by atoms with Gasteiger partial charge in [0.2, 0.25) is 0 Å². The van der Waals surface area contributed by atoms with Crippen molar-refractivity contribution in [2.75, 3.05) is 13.7 Å². The van der Waals surface area contributed by atoms with Gasteiger partial charge in [-0.05, 0) is 39.2 Å². The van der Waals surface area contributed by atoms with Crippen molar-refractivity contribution >= 4 is 18.0 Å². The summed E-state index contributed by atoms with van der Waals surface area (Å²) in [6, 6.07) is 8.36. The van der Waals surface area contributed by atoms with E-state index in [1.54, 1.807) is 20.8 Å². The van der Waals surface area contributed by atoms with Crippen LogP contribution in [0.15, 0.2) is 30.3 Å². The number of carbonyl (C=O) groups excluding carboxylic acids is 3. The second-order valence-electron chi connectivity index (χ2n) is 8.10. The van der Waals surface area contributed by atoms with Crippen molar-refractivity contribution in [2.45, 2.75) is 78.0 Å². The maximum Gasteiger partial charge on any atom is 0.410 e. The third kappa shape index (κ3) is 9.76. The van der Waals surface area contributed by atoms with Gasteiger partial charge < -0.3 is 14.2 Å². The standard InChI is InChI=1S/C23H35NO6/c1-6-7-11-16-24(22(27)28-5)19(14-15-20(25)30-23(2,3)4)21(26)29-17-18-12-9-8-10-13-18/h8-10,12-13,19H,6-7,11,14-17H2,1-5H3. The molecule has 7 nitrogen and oxygen atoms in total. The van der Waals surface area contributed by atoms with Crippen molar-refractivity contribution in [3.8, 4) is 0 Å². The van der Waals surface area contributed by atoms with Crippen molar-refractivity contribution in [1.29, 1.82) is 0 Å². The van der Waals surface area contributed by atoms with E-state index in [1.165, 1.54) is 12.0 Å². The second kappa shape index (κ2) is 12.9. The molecule has 0 aliphatic carbocycles. The molecule has 0 saturated heterocycles. The van der Waals surface area contributed by atoms with E-state index in [0.717, 1.165) is 24.8 Å². The summed E-state index contributed by atoms with van der Waals surface area (Å²) < 4.78 is 15.7. The molecule has 1 atom stereocenters. The fraction of sp³-hybridized carbons (Fsp3) is 0.609. The zero-order valence-corrected chi connectivity index (χ0v) is 18.8. The van der Waals surface area contributed by atoms with Crippen LogP contribution in [-0.4, -0.2) is 48.2 Å². The van der Waals surface area contributed by atoms with Crippen LogP contribution in [0, 0.1) is 0 Å². The van der Waals surface area contributed by atoms with Crippen LogP contribution in [0.3, 0.4) is 0 Å². The second-order valence-corrected chi connectivity index (χ2v) is 8.10. The van der Waals surface area contributed by atoms with E-state index >= 15 is 0 Å². The van der Waals surface area contributed by atoms with E-state index in [0.29, 0.717) is 6.54 Å². The van der Waals surface area contributed by atoms with Crippen LogP contribution in [0.25, 0.3) is 0 Å². The largest absolute Gasteiger partial charge is 0.460 e. The van der Waals surface area contributed by atoms with Gasteiger partial charge in [0.05, 0.1) is 7.11 Å². The maximum atomic E-state index is 12.9. The third-order valence-electron chi connectivity index (χ3n) is 4.33. The van der Waals surface area contributed by atoms with Gasteiger partial charge in [0.1, 0.15) is 18.2 Å². The number of ether oxygens (including phenoxy) is 3. The summed E-state index contributed by atoms with van der Waals surface area (Å²) >= 11 is 0. The van der Waals surface area contributed by atoms with Gasteiger partial charge in [0, 0.05) is 13.0 Å². The van der Waals surface area contributed by atoms with Crippen LogP contribution in [0.4, 0.5) is 4.79 Å². The smallest absolute Gasteiger partial charge is 0.410 e. The van der Waals surface area contributed by atoms with Gasteiger partial charge in [-0.25, -0.2) is 9.59 Å². The van der Waals surface area contributed by atoms with E-state index in [-0.39, 0.29) is 19.4 Å². The summed E-state index contributed by atoms with van der Waals surface area (Å²) in [6.45, 7) is 7.83. The van der Waals surface area contributed by atoms with Gasteiger partial charge in [-0.15, -0.1) is 0 Å². The molecule has 0 fully saturated rings. The Bertz CT molecular complexity index is 668. The Morgan fingerprint density at radius 1 is 1.07 bits per heavy atom. The molecule has 0 saturated carbocycles. The van der Waals surface area contributed by atoms with Crippen molar-refractivity contribution in [2.24, 2.45) is 0 Å². The molecule has 1 aromatic rings. The zero-order chi connectivity index (χ0) is 22.6. The predicted octanol–water partition coefficient (Wildman–Crippen LogP) is 4.48. The number of benzene rings is 1. The first-order valence-corrected chi connectivity index (χ1v) is 10.4. The number of unbranched alkanes of at least 4 members (excludes halogenated alkanes) is 2. The molecular formula is C23H35NO6. The van der Waals surface area contributed by atoms with Gasteiger partial charge in [0.15, 0.2) is 0 Å². The fourth-order valence-corrected chi connectivity index (χ4v) is 2.90. The number of hydrogen-bond acceptors (Lipinski definition) is 6. The SMILES string of the molecule is CCCCCN(C(=O)OC)C(CCC(=O)OC(C)(C)C)C(=O)OCc1ccccc1. The van der Waals surface area contributed by atoms with Crippen molar-refractivity contribution in [3.63, 3.8) is 0 Å². The lowest BCUT2D eigenvalue weighted by Crippen LogP contribution is -2.46. The summed E-state index contributed by atoms with van der Waals surface area (Å²) in [5, 5.41) is 0. The summed E-state index contributed by atoms with van der Waals surface area (Å²) in [6.07, 6.45) is 2.08. The minimum atomic E-state index is -0.925. The first-order chi connectivity index (χ1) is 14.2. The molecule has 0 heterocycles. The van der Waals surface area contributed by atoms with E-state index in [9.17, 15) is 14.4 Å². The molecule has 0 N–H and O–H groups in total. The van der Waals surface area contributed by atoms with Gasteiger partial charge in [-0.1, -0.05) is 50.1 Å². The van der Waals surface area contributed by atoms with Gasteiger partial charge in [-0.3, -0.25) is 9.69 Å². The van der Waals surface area contributed by atoms with Crippen LogP contribution in [0.2, 0.25) is 0 Å². The highest BCUT2D eigenvalue weighted by molar-refractivity contribution is 5.82. The average molecular weight is 422 g/mol. The zero-order valence-electron chi connectivity index (χ0n) is 18.8. The van der Waals surface area contributed by atoms with Crippen LogP contribution in [-0.2, 0) is 30.4 Å². The molecular weight excluding hydrogens is 386 g/mol. The lowest BCUT2D eigenvalue weighted by atomic mass is 10.1. The van der Waals surface area contributed by atoms with E-state index < -0.39 is 29.7 Å². The van der Waals surface area contributed by atoms with Crippen molar-refractivity contribution in [3.05, 3.63) is 35.9 Å². The van der Waals surface area contributed by atoms with Crippen LogP contribution >= 0.6 is 0 Å². The Morgan fingerprint density at radius 2 is 1.73 bits per heavy atom. The van der Waals surface area contributed by atoms with E-state index in [2.05, 4.69) is 6.92 Å². The van der Waals surface area contributed by atoms with Crippen molar-refractivity contribution in [1.82, 2.24) is 4.90 Å². The Hall–Kier alpha value is -2.57. The van der Waals surface area contributed by atoms with Crippen LogP contribution < -0.4 is 0 Å². The first kappa shape index (κ1) is 25.5. The highest BCUT2D eigenvalue weighted by Crippen LogP contribution is 2.17. The lowest BCUT2D eigenvalue weighted by molar-refractivity contribution is -0.156. The van der Waals surface area contributed by atoms with Gasteiger partial charge in [0.25, 0.3) is 0 Å². The normalized spacial score (nSPS) is 12.0. The molecule has 1 aromatic carbocycles. The van der Waals surface area contributed by atoms with Crippen LogP contribution in [0.5, 0.6) is 0 Å². The molecule has 7 heteroatoms. The molecule has 0 bridgehead atoms. The fourth-order valence-electron chi connectivity index (χ4n) is 2.90.